The number of aliphatic carboxylic acids is 1. The van der Waals surface area contributed by atoms with Crippen molar-refractivity contribution in [1.29, 1.82) is 0 Å². The van der Waals surface area contributed by atoms with Crippen LogP contribution in [-0.2, 0) is 9.63 Å². The Hall–Kier alpha value is -2.12. The summed E-state index contributed by atoms with van der Waals surface area (Å²) < 4.78 is 0. The first-order valence-corrected chi connectivity index (χ1v) is 3.17. The molecule has 0 aliphatic rings. The fourth-order valence-corrected chi connectivity index (χ4v) is 0.671. The molecule has 0 aliphatic carbocycles. The maximum atomic E-state index is 10.6. The number of carboxylic acid groups (broad SMARTS) is 1. The fraction of sp³-hybridized carbons (Fsp3) is 0.200. The van der Waals surface area contributed by atoms with Gasteiger partial charge in [-0.2, -0.15) is 0 Å². The Kier molecular flexibility index (Phi) is 2.43. The third-order valence-electron chi connectivity index (χ3n) is 1.14. The van der Waals surface area contributed by atoms with Crippen LogP contribution in [0.1, 0.15) is 5.69 Å². The summed E-state index contributed by atoms with van der Waals surface area (Å²) in [4.78, 5) is 15.6. The summed E-state index contributed by atoms with van der Waals surface area (Å²) in [6, 6.07) is 0. The van der Waals surface area contributed by atoms with E-state index in [1.54, 1.807) is 0 Å². The standard InChI is InChI=1S/C5H7N5O3/c1-13-9-4(5(11)12)3-2-7-10(6)8-3/h2H,6H2,1H3,(H,11,12). The minimum absolute atomic E-state index is 0.0388. The van der Waals surface area contributed by atoms with E-state index in [1.165, 1.54) is 13.3 Å². The summed E-state index contributed by atoms with van der Waals surface area (Å²) >= 11 is 0. The van der Waals surface area contributed by atoms with Gasteiger partial charge in [0.25, 0.3) is 0 Å². The van der Waals surface area contributed by atoms with Gasteiger partial charge in [0.05, 0.1) is 6.20 Å². The molecule has 1 aromatic rings. The molecule has 0 aliphatic heterocycles. The molecule has 0 atom stereocenters. The number of aromatic nitrogens is 3. The van der Waals surface area contributed by atoms with Gasteiger partial charge < -0.3 is 15.8 Å². The third-order valence-corrected chi connectivity index (χ3v) is 1.14. The van der Waals surface area contributed by atoms with Gasteiger partial charge in [0.2, 0.25) is 5.71 Å². The van der Waals surface area contributed by atoms with Crippen LogP contribution in [0.3, 0.4) is 0 Å². The zero-order valence-corrected chi connectivity index (χ0v) is 6.71. The lowest BCUT2D eigenvalue weighted by atomic mass is 10.3. The number of nitrogens with zero attached hydrogens (tertiary/aromatic N) is 4. The Morgan fingerprint density at radius 2 is 2.54 bits per heavy atom. The van der Waals surface area contributed by atoms with Gasteiger partial charge >= 0.3 is 5.97 Å². The maximum Gasteiger partial charge on any atom is 0.360 e. The highest BCUT2D eigenvalue weighted by Gasteiger charge is 2.16. The number of nitrogen functional groups attached to an aromatic ring is 1. The SMILES string of the molecule is CON=C(C(=O)O)c1cnn(N)n1. The minimum atomic E-state index is -1.26. The summed E-state index contributed by atoms with van der Waals surface area (Å²) in [5.74, 6) is 3.86. The van der Waals surface area contributed by atoms with E-state index in [1.807, 2.05) is 0 Å². The number of oxime groups is 1. The first-order chi connectivity index (χ1) is 6.15. The Bertz CT molecular complexity index is 344. The van der Waals surface area contributed by atoms with Gasteiger partial charge in [-0.3, -0.25) is 0 Å². The first kappa shape index (κ1) is 8.97. The highest BCUT2D eigenvalue weighted by atomic mass is 16.6. The van der Waals surface area contributed by atoms with Crippen LogP contribution in [0.15, 0.2) is 11.4 Å². The van der Waals surface area contributed by atoms with Crippen LogP contribution < -0.4 is 5.84 Å². The molecule has 1 rings (SSSR count). The molecule has 0 radical (unpaired) electrons. The summed E-state index contributed by atoms with van der Waals surface area (Å²) in [6.07, 6.45) is 1.17. The van der Waals surface area contributed by atoms with E-state index in [-0.39, 0.29) is 11.4 Å². The molecule has 1 heterocycles. The number of carbonyl (C=O) groups is 1. The summed E-state index contributed by atoms with van der Waals surface area (Å²) in [5, 5.41) is 18.9. The second kappa shape index (κ2) is 3.52. The number of hydrogen-bond acceptors (Lipinski definition) is 6. The Labute approximate surface area is 72.6 Å². The van der Waals surface area contributed by atoms with Crippen molar-refractivity contribution in [3.63, 3.8) is 0 Å². The zero-order valence-electron chi connectivity index (χ0n) is 6.71. The second-order valence-corrected chi connectivity index (χ2v) is 1.98. The van der Waals surface area contributed by atoms with Crippen molar-refractivity contribution in [2.75, 3.05) is 13.0 Å². The molecule has 70 valence electrons. The van der Waals surface area contributed by atoms with Crippen LogP contribution in [0.4, 0.5) is 0 Å². The zero-order chi connectivity index (χ0) is 9.84. The Balaban J connectivity index is 3.02. The topological polar surface area (TPSA) is 116 Å². The van der Waals surface area contributed by atoms with Crippen molar-refractivity contribution in [2.45, 2.75) is 0 Å². The van der Waals surface area contributed by atoms with E-state index in [0.717, 1.165) is 4.91 Å². The van der Waals surface area contributed by atoms with Gasteiger partial charge in [0.15, 0.2) is 0 Å². The van der Waals surface area contributed by atoms with Crippen LogP contribution in [0.5, 0.6) is 0 Å². The number of rotatable bonds is 3. The number of carboxylic acids is 1. The maximum absolute atomic E-state index is 10.6. The molecule has 0 saturated heterocycles. The molecule has 8 heteroatoms. The Morgan fingerprint density at radius 3 is 2.92 bits per heavy atom. The van der Waals surface area contributed by atoms with Crippen LogP contribution in [0.2, 0.25) is 0 Å². The quantitative estimate of drug-likeness (QED) is 0.334. The van der Waals surface area contributed by atoms with E-state index in [2.05, 4.69) is 20.2 Å². The molecule has 0 saturated carbocycles. The van der Waals surface area contributed by atoms with Crippen molar-refractivity contribution in [3.05, 3.63) is 11.9 Å². The van der Waals surface area contributed by atoms with Crippen molar-refractivity contribution in [1.82, 2.24) is 15.1 Å². The lowest BCUT2D eigenvalue weighted by molar-refractivity contribution is -0.129. The minimum Gasteiger partial charge on any atom is -0.476 e. The molecule has 3 N–H and O–H groups in total. The molecule has 0 fully saturated rings. The van der Waals surface area contributed by atoms with Gasteiger partial charge in [0, 0.05) is 0 Å². The molecular formula is C5H7N5O3. The van der Waals surface area contributed by atoms with Gasteiger partial charge in [-0.1, -0.05) is 10.1 Å². The molecule has 0 unspecified atom stereocenters. The first-order valence-electron chi connectivity index (χ1n) is 3.17. The Morgan fingerprint density at radius 1 is 1.85 bits per heavy atom. The summed E-state index contributed by atoms with van der Waals surface area (Å²) in [7, 11) is 1.23. The third kappa shape index (κ3) is 1.92. The average molecular weight is 185 g/mol. The van der Waals surface area contributed by atoms with Crippen LogP contribution in [0.25, 0.3) is 0 Å². The van der Waals surface area contributed by atoms with E-state index in [4.69, 9.17) is 10.9 Å². The number of hydrogen-bond donors (Lipinski definition) is 2. The van der Waals surface area contributed by atoms with Crippen molar-refractivity contribution in [2.24, 2.45) is 5.16 Å². The molecular weight excluding hydrogens is 178 g/mol. The summed E-state index contributed by atoms with van der Waals surface area (Å²) in [5.41, 5.74) is -0.309. The molecule has 0 amide bonds. The van der Waals surface area contributed by atoms with E-state index >= 15 is 0 Å². The van der Waals surface area contributed by atoms with Crippen molar-refractivity contribution >= 4 is 11.7 Å². The van der Waals surface area contributed by atoms with Crippen LogP contribution >= 0.6 is 0 Å². The van der Waals surface area contributed by atoms with Crippen molar-refractivity contribution < 1.29 is 14.7 Å². The molecule has 0 aromatic carbocycles. The van der Waals surface area contributed by atoms with Gasteiger partial charge in [-0.15, -0.1) is 10.2 Å². The fourth-order valence-electron chi connectivity index (χ4n) is 0.671. The highest BCUT2D eigenvalue weighted by molar-refractivity contribution is 6.41. The molecule has 1 aromatic heterocycles. The van der Waals surface area contributed by atoms with Crippen LogP contribution in [0, 0.1) is 0 Å². The highest BCUT2D eigenvalue weighted by Crippen LogP contribution is 1.95. The van der Waals surface area contributed by atoms with Gasteiger partial charge in [-0.25, -0.2) is 4.79 Å². The second-order valence-electron chi connectivity index (χ2n) is 1.98. The lowest BCUT2D eigenvalue weighted by Gasteiger charge is -1.93. The smallest absolute Gasteiger partial charge is 0.360 e. The predicted molar refractivity (Wildman–Crippen MR) is 41.4 cm³/mol. The van der Waals surface area contributed by atoms with Gasteiger partial charge in [-0.05, 0) is 0 Å². The lowest BCUT2D eigenvalue weighted by Crippen LogP contribution is -2.18. The average Bonchev–Trinajstić information content (AvgIpc) is 2.46. The monoisotopic (exact) mass is 185 g/mol. The van der Waals surface area contributed by atoms with E-state index in [0.29, 0.717) is 0 Å². The number of nitrogens with two attached hydrogens (primary N) is 1. The molecule has 0 spiro atoms. The normalized spacial score (nSPS) is 11.3. The molecule has 8 nitrogen and oxygen atoms in total. The van der Waals surface area contributed by atoms with Crippen molar-refractivity contribution in [3.8, 4) is 0 Å². The van der Waals surface area contributed by atoms with Gasteiger partial charge in [0.1, 0.15) is 12.8 Å². The molecule has 13 heavy (non-hydrogen) atoms. The van der Waals surface area contributed by atoms with E-state index in [9.17, 15) is 4.79 Å². The van der Waals surface area contributed by atoms with Crippen LogP contribution in [-0.4, -0.2) is 39.0 Å². The van der Waals surface area contributed by atoms with E-state index < -0.39 is 5.97 Å². The summed E-state index contributed by atoms with van der Waals surface area (Å²) in [6.45, 7) is 0. The molecule has 0 bridgehead atoms. The predicted octanol–water partition coefficient (Wildman–Crippen LogP) is -1.57. The largest absolute Gasteiger partial charge is 0.476 e.